The first-order chi connectivity index (χ1) is 15.7. The van der Waals surface area contributed by atoms with Crippen molar-refractivity contribution in [2.75, 3.05) is 24.1 Å². The normalized spacial score (nSPS) is 12.6. The molecule has 3 aromatic rings. The van der Waals surface area contributed by atoms with E-state index in [1.165, 1.54) is 12.1 Å². The van der Waals surface area contributed by atoms with Crippen molar-refractivity contribution < 1.29 is 28.8 Å². The van der Waals surface area contributed by atoms with Gasteiger partial charge in [-0.15, -0.1) is 0 Å². The average molecular weight is 473 g/mol. The summed E-state index contributed by atoms with van der Waals surface area (Å²) in [5, 5.41) is 42.4. The zero-order valence-electron chi connectivity index (χ0n) is 18.1. The lowest BCUT2D eigenvalue weighted by Gasteiger charge is -2.22. The maximum absolute atomic E-state index is 11.5. The third kappa shape index (κ3) is 6.85. The number of hydrogen-bond donors (Lipinski definition) is 6. The molecule has 0 aliphatic heterocycles. The number of aliphatic hydroxyl groups excluding tert-OH is 1. The highest BCUT2D eigenvalue weighted by Gasteiger charge is 2.18. The Morgan fingerprint density at radius 2 is 1.33 bits per heavy atom. The van der Waals surface area contributed by atoms with Crippen molar-refractivity contribution in [2.24, 2.45) is 0 Å². The highest BCUT2D eigenvalue weighted by molar-refractivity contribution is 7.92. The Balaban J connectivity index is 1.76. The smallest absolute Gasteiger partial charge is 0.229 e. The molecule has 176 valence electrons. The topological polar surface area (TPSA) is 139 Å². The summed E-state index contributed by atoms with van der Waals surface area (Å²) < 4.78 is 25.4. The number of rotatable bonds is 10. The third-order valence-corrected chi connectivity index (χ3v) is 5.91. The van der Waals surface area contributed by atoms with Gasteiger partial charge in [0, 0.05) is 5.92 Å². The van der Waals surface area contributed by atoms with E-state index in [2.05, 4.69) is 10.0 Å². The van der Waals surface area contributed by atoms with Crippen LogP contribution in [0.1, 0.15) is 35.1 Å². The van der Waals surface area contributed by atoms with Crippen molar-refractivity contribution in [1.82, 2.24) is 5.32 Å². The molecule has 0 radical (unpaired) electrons. The number of phenolic OH excluding ortho intramolecular Hbond substituents is 3. The van der Waals surface area contributed by atoms with Crippen molar-refractivity contribution in [3.8, 4) is 17.2 Å². The maximum Gasteiger partial charge on any atom is 0.229 e. The van der Waals surface area contributed by atoms with E-state index in [1.807, 2.05) is 24.3 Å². The number of hydrogen-bond acceptors (Lipinski definition) is 7. The summed E-state index contributed by atoms with van der Waals surface area (Å²) in [6, 6.07) is 17.9. The molecule has 0 aromatic heterocycles. The highest BCUT2D eigenvalue weighted by atomic mass is 32.2. The van der Waals surface area contributed by atoms with E-state index in [9.17, 15) is 28.8 Å². The van der Waals surface area contributed by atoms with Crippen LogP contribution in [0.25, 0.3) is 0 Å². The van der Waals surface area contributed by atoms with Gasteiger partial charge in [0.25, 0.3) is 0 Å². The lowest BCUT2D eigenvalue weighted by atomic mass is 9.88. The van der Waals surface area contributed by atoms with E-state index >= 15 is 0 Å². The first-order valence-electron chi connectivity index (χ1n) is 10.4. The monoisotopic (exact) mass is 472 g/mol. The van der Waals surface area contributed by atoms with Crippen LogP contribution in [0.3, 0.4) is 0 Å². The fourth-order valence-corrected chi connectivity index (χ4v) is 4.24. The van der Waals surface area contributed by atoms with Gasteiger partial charge >= 0.3 is 0 Å². The summed E-state index contributed by atoms with van der Waals surface area (Å²) in [6.07, 6.45) is 1.65. The van der Waals surface area contributed by atoms with E-state index in [1.54, 1.807) is 30.3 Å². The minimum Gasteiger partial charge on any atom is -0.508 e. The van der Waals surface area contributed by atoms with Crippen molar-refractivity contribution >= 4 is 15.7 Å². The quantitative estimate of drug-likeness (QED) is 0.249. The van der Waals surface area contributed by atoms with E-state index in [4.69, 9.17) is 0 Å². The number of phenols is 3. The summed E-state index contributed by atoms with van der Waals surface area (Å²) >= 11 is 0. The van der Waals surface area contributed by atoms with Crippen LogP contribution < -0.4 is 10.0 Å². The molecule has 1 unspecified atom stereocenters. The molecule has 0 heterocycles. The predicted octanol–water partition coefficient (Wildman–Crippen LogP) is 3.02. The molecule has 0 fully saturated rings. The molecule has 1 atom stereocenters. The molecule has 0 saturated carbocycles. The average Bonchev–Trinajstić information content (AvgIpc) is 2.76. The zero-order chi connectivity index (χ0) is 24.0. The minimum absolute atomic E-state index is 0.0275. The number of aromatic hydroxyl groups is 3. The van der Waals surface area contributed by atoms with Crippen molar-refractivity contribution in [1.29, 1.82) is 0 Å². The van der Waals surface area contributed by atoms with Gasteiger partial charge in [-0.25, -0.2) is 8.42 Å². The van der Waals surface area contributed by atoms with Crippen molar-refractivity contribution in [3.05, 3.63) is 83.4 Å². The second kappa shape index (κ2) is 10.6. The van der Waals surface area contributed by atoms with Crippen LogP contribution in [-0.4, -0.2) is 48.3 Å². The number of anilines is 1. The largest absolute Gasteiger partial charge is 0.508 e. The summed E-state index contributed by atoms with van der Waals surface area (Å²) in [5.74, 6) is 0.112. The van der Waals surface area contributed by atoms with E-state index in [-0.39, 0.29) is 35.5 Å². The van der Waals surface area contributed by atoms with Gasteiger partial charge in [0.2, 0.25) is 10.0 Å². The first kappa shape index (κ1) is 24.4. The Labute approximate surface area is 193 Å². The molecular weight excluding hydrogens is 444 g/mol. The molecule has 6 N–H and O–H groups in total. The maximum atomic E-state index is 11.5. The van der Waals surface area contributed by atoms with Crippen molar-refractivity contribution in [3.63, 3.8) is 0 Å². The van der Waals surface area contributed by atoms with Gasteiger partial charge in [0.05, 0.1) is 24.6 Å². The molecule has 9 heteroatoms. The number of nitrogens with one attached hydrogen (secondary N) is 2. The standard InChI is InChI=1S/C24H28N2O6S/c1-33(31,32)26-22-14-18(6-11-24(22)30)23(15-27)25-13-12-21(16-2-7-19(28)8-3-16)17-4-9-20(29)10-5-17/h2-11,14,21,23,25-30H,12-13,15H2,1H3. The lowest BCUT2D eigenvalue weighted by molar-refractivity contribution is 0.244. The van der Waals surface area contributed by atoms with Crippen LogP contribution in [0.15, 0.2) is 66.7 Å². The fraction of sp³-hybridized carbons (Fsp3) is 0.250. The molecule has 33 heavy (non-hydrogen) atoms. The SMILES string of the molecule is CS(=O)(=O)Nc1cc(C(CO)NCCC(c2ccc(O)cc2)c2ccc(O)cc2)ccc1O. The van der Waals surface area contributed by atoms with Crippen LogP contribution in [0.4, 0.5) is 5.69 Å². The molecule has 0 aliphatic rings. The van der Waals surface area contributed by atoms with E-state index in [0.717, 1.165) is 17.4 Å². The Bertz CT molecular complexity index is 1120. The first-order valence-corrected chi connectivity index (χ1v) is 12.3. The van der Waals surface area contributed by atoms with Crippen molar-refractivity contribution in [2.45, 2.75) is 18.4 Å². The summed E-state index contributed by atoms with van der Waals surface area (Å²) in [7, 11) is -3.57. The Hall–Kier alpha value is -3.27. The van der Waals surface area contributed by atoms with Crippen LogP contribution in [0, 0.1) is 0 Å². The second-order valence-electron chi connectivity index (χ2n) is 7.86. The molecule has 3 aromatic carbocycles. The van der Waals surface area contributed by atoms with Gasteiger partial charge in [-0.05, 0) is 66.1 Å². The Morgan fingerprint density at radius 1 is 0.818 bits per heavy atom. The number of benzene rings is 3. The molecule has 0 spiro atoms. The zero-order valence-corrected chi connectivity index (χ0v) is 19.0. The molecule has 8 nitrogen and oxygen atoms in total. The van der Waals surface area contributed by atoms with Gasteiger partial charge in [-0.2, -0.15) is 0 Å². The van der Waals surface area contributed by atoms with Crippen LogP contribution in [-0.2, 0) is 10.0 Å². The van der Waals surface area contributed by atoms with Gasteiger partial charge in [-0.1, -0.05) is 30.3 Å². The van der Waals surface area contributed by atoms with Gasteiger partial charge in [0.1, 0.15) is 17.2 Å². The molecular formula is C24H28N2O6S. The molecule has 0 bridgehead atoms. The minimum atomic E-state index is -3.57. The summed E-state index contributed by atoms with van der Waals surface area (Å²) in [4.78, 5) is 0. The molecule has 3 rings (SSSR count). The van der Waals surface area contributed by atoms with Gasteiger partial charge < -0.3 is 25.7 Å². The van der Waals surface area contributed by atoms with Crippen LogP contribution in [0.5, 0.6) is 17.2 Å². The molecule has 0 amide bonds. The third-order valence-electron chi connectivity index (χ3n) is 5.32. The summed E-state index contributed by atoms with van der Waals surface area (Å²) in [5.41, 5.74) is 2.64. The fourth-order valence-electron chi connectivity index (χ4n) is 3.68. The number of sulfonamides is 1. The van der Waals surface area contributed by atoms with Gasteiger partial charge in [0.15, 0.2) is 0 Å². The van der Waals surface area contributed by atoms with Crippen LogP contribution >= 0.6 is 0 Å². The predicted molar refractivity (Wildman–Crippen MR) is 127 cm³/mol. The lowest BCUT2D eigenvalue weighted by Crippen LogP contribution is -2.26. The Kier molecular flexibility index (Phi) is 7.80. The molecule has 0 saturated heterocycles. The second-order valence-corrected chi connectivity index (χ2v) is 9.61. The Morgan fingerprint density at radius 3 is 1.82 bits per heavy atom. The van der Waals surface area contributed by atoms with E-state index < -0.39 is 16.1 Å². The summed E-state index contributed by atoms with van der Waals surface area (Å²) in [6.45, 7) is 0.277. The van der Waals surface area contributed by atoms with Crippen LogP contribution in [0.2, 0.25) is 0 Å². The highest BCUT2D eigenvalue weighted by Crippen LogP contribution is 2.31. The molecule has 0 aliphatic carbocycles. The van der Waals surface area contributed by atoms with Gasteiger partial charge in [-0.3, -0.25) is 4.72 Å². The van der Waals surface area contributed by atoms with E-state index in [0.29, 0.717) is 18.5 Å². The number of aliphatic hydroxyl groups is 1.